The fraction of sp³-hybridized carbons (Fsp3) is 0.0455. The van der Waals surface area contributed by atoms with Crippen molar-refractivity contribution in [2.24, 2.45) is 0 Å². The van der Waals surface area contributed by atoms with E-state index in [2.05, 4.69) is 15.6 Å². The summed E-state index contributed by atoms with van der Waals surface area (Å²) in [6, 6.07) is 17.8. The molecule has 0 saturated carbocycles. The van der Waals surface area contributed by atoms with Crippen LogP contribution in [0.25, 0.3) is 6.08 Å². The fourth-order valence-corrected chi connectivity index (χ4v) is 2.42. The number of carbonyl (C=O) groups excluding carboxylic acids is 2. The maximum absolute atomic E-state index is 12.2. The lowest BCUT2D eigenvalue weighted by Crippen LogP contribution is -2.07. The lowest BCUT2D eigenvalue weighted by atomic mass is 10.2. The molecule has 2 N–H and O–H groups in total. The molecule has 0 radical (unpaired) electrons. The summed E-state index contributed by atoms with van der Waals surface area (Å²) in [5, 5.41) is 5.50. The maximum Gasteiger partial charge on any atom is 0.248 e. The van der Waals surface area contributed by atoms with Gasteiger partial charge < -0.3 is 15.4 Å². The van der Waals surface area contributed by atoms with Crippen LogP contribution in [0.4, 0.5) is 11.4 Å². The minimum atomic E-state index is -0.257. The van der Waals surface area contributed by atoms with E-state index in [1.54, 1.807) is 60.9 Å². The van der Waals surface area contributed by atoms with Crippen molar-refractivity contribution in [2.75, 3.05) is 10.6 Å². The monoisotopic (exact) mass is 373 g/mol. The SMILES string of the molecule is CC(=O)Nc1ccc(/C=C/C(=O)Nc2cccc(Oc3ccncc3)c2)cc1. The van der Waals surface area contributed by atoms with Gasteiger partial charge in [0.15, 0.2) is 0 Å². The number of ether oxygens (including phenoxy) is 1. The molecule has 0 fully saturated rings. The highest BCUT2D eigenvalue weighted by Crippen LogP contribution is 2.23. The Labute approximate surface area is 162 Å². The molecule has 28 heavy (non-hydrogen) atoms. The summed E-state index contributed by atoms with van der Waals surface area (Å²) in [7, 11) is 0. The number of pyridine rings is 1. The first-order chi connectivity index (χ1) is 13.6. The van der Waals surface area contributed by atoms with Crippen LogP contribution < -0.4 is 15.4 Å². The highest BCUT2D eigenvalue weighted by Gasteiger charge is 2.02. The number of benzene rings is 2. The normalized spacial score (nSPS) is 10.5. The summed E-state index contributed by atoms with van der Waals surface area (Å²) >= 11 is 0. The average molecular weight is 373 g/mol. The second-order valence-corrected chi connectivity index (χ2v) is 5.94. The van der Waals surface area contributed by atoms with Crippen molar-refractivity contribution in [2.45, 2.75) is 6.92 Å². The van der Waals surface area contributed by atoms with Crippen LogP contribution in [0.3, 0.4) is 0 Å². The molecule has 6 heteroatoms. The summed E-state index contributed by atoms with van der Waals surface area (Å²) in [5.74, 6) is 0.896. The Morgan fingerprint density at radius 2 is 1.64 bits per heavy atom. The third-order valence-electron chi connectivity index (χ3n) is 3.65. The number of hydrogen-bond acceptors (Lipinski definition) is 4. The summed E-state index contributed by atoms with van der Waals surface area (Å²) in [6.07, 6.45) is 6.44. The minimum Gasteiger partial charge on any atom is -0.457 e. The molecule has 0 aliphatic heterocycles. The molecular weight excluding hydrogens is 354 g/mol. The third-order valence-corrected chi connectivity index (χ3v) is 3.65. The maximum atomic E-state index is 12.2. The molecule has 0 aliphatic carbocycles. The van der Waals surface area contributed by atoms with Crippen molar-refractivity contribution in [3.05, 3.63) is 84.7 Å². The van der Waals surface area contributed by atoms with Gasteiger partial charge in [0.1, 0.15) is 11.5 Å². The van der Waals surface area contributed by atoms with Crippen molar-refractivity contribution in [1.29, 1.82) is 0 Å². The molecule has 6 nitrogen and oxygen atoms in total. The number of nitrogens with zero attached hydrogens (tertiary/aromatic N) is 1. The zero-order valence-electron chi connectivity index (χ0n) is 15.3. The Bertz CT molecular complexity index is 983. The number of aromatic nitrogens is 1. The molecule has 0 unspecified atom stereocenters. The Balaban J connectivity index is 1.59. The fourth-order valence-electron chi connectivity index (χ4n) is 2.42. The van der Waals surface area contributed by atoms with Crippen LogP contribution in [0, 0.1) is 0 Å². The standard InChI is InChI=1S/C22H19N3O3/c1-16(26)24-18-8-5-17(6-9-18)7-10-22(27)25-19-3-2-4-21(15-19)28-20-11-13-23-14-12-20/h2-15H,1H3,(H,24,26)(H,25,27)/b10-7+. The minimum absolute atomic E-state index is 0.127. The molecular formula is C22H19N3O3. The van der Waals surface area contributed by atoms with E-state index >= 15 is 0 Å². The molecule has 0 atom stereocenters. The number of nitrogens with one attached hydrogen (secondary N) is 2. The van der Waals surface area contributed by atoms with E-state index < -0.39 is 0 Å². The van der Waals surface area contributed by atoms with Crippen LogP contribution in [-0.4, -0.2) is 16.8 Å². The quantitative estimate of drug-likeness (QED) is 0.624. The summed E-state index contributed by atoms with van der Waals surface area (Å²) in [5.41, 5.74) is 2.18. The Hall–Kier alpha value is -3.93. The lowest BCUT2D eigenvalue weighted by Gasteiger charge is -2.07. The molecule has 1 heterocycles. The van der Waals surface area contributed by atoms with Crippen LogP contribution in [-0.2, 0) is 9.59 Å². The van der Waals surface area contributed by atoms with Gasteiger partial charge in [-0.05, 0) is 48.0 Å². The van der Waals surface area contributed by atoms with Gasteiger partial charge in [-0.3, -0.25) is 14.6 Å². The summed E-state index contributed by atoms with van der Waals surface area (Å²) in [6.45, 7) is 1.45. The molecule has 1 aromatic heterocycles. The van der Waals surface area contributed by atoms with Crippen LogP contribution in [0.5, 0.6) is 11.5 Å². The molecule has 3 rings (SSSR count). The Kier molecular flexibility index (Phi) is 6.15. The van der Waals surface area contributed by atoms with E-state index in [4.69, 9.17) is 4.74 Å². The van der Waals surface area contributed by atoms with Crippen molar-refractivity contribution in [3.63, 3.8) is 0 Å². The molecule has 3 aromatic rings. The van der Waals surface area contributed by atoms with Crippen molar-refractivity contribution in [1.82, 2.24) is 4.98 Å². The van der Waals surface area contributed by atoms with Crippen LogP contribution in [0.15, 0.2) is 79.1 Å². The topological polar surface area (TPSA) is 80.3 Å². The average Bonchev–Trinajstić information content (AvgIpc) is 2.68. The predicted molar refractivity (Wildman–Crippen MR) is 109 cm³/mol. The van der Waals surface area contributed by atoms with Gasteiger partial charge in [0.2, 0.25) is 11.8 Å². The van der Waals surface area contributed by atoms with Gasteiger partial charge in [0, 0.05) is 42.8 Å². The molecule has 0 saturated heterocycles. The van der Waals surface area contributed by atoms with Crippen LogP contribution in [0.1, 0.15) is 12.5 Å². The van der Waals surface area contributed by atoms with Crippen LogP contribution in [0.2, 0.25) is 0 Å². The highest BCUT2D eigenvalue weighted by atomic mass is 16.5. The largest absolute Gasteiger partial charge is 0.457 e. The van der Waals surface area contributed by atoms with Gasteiger partial charge >= 0.3 is 0 Å². The van der Waals surface area contributed by atoms with Crippen molar-refractivity contribution in [3.8, 4) is 11.5 Å². The van der Waals surface area contributed by atoms with Gasteiger partial charge in [-0.15, -0.1) is 0 Å². The second-order valence-electron chi connectivity index (χ2n) is 5.94. The van der Waals surface area contributed by atoms with Gasteiger partial charge in [0.25, 0.3) is 0 Å². The van der Waals surface area contributed by atoms with E-state index in [0.717, 1.165) is 5.56 Å². The zero-order chi connectivity index (χ0) is 19.8. The first-order valence-corrected chi connectivity index (χ1v) is 8.63. The van der Waals surface area contributed by atoms with E-state index in [-0.39, 0.29) is 11.8 Å². The van der Waals surface area contributed by atoms with Crippen molar-refractivity contribution >= 4 is 29.3 Å². The predicted octanol–water partition coefficient (Wildman–Crippen LogP) is 4.48. The van der Waals surface area contributed by atoms with Gasteiger partial charge in [-0.2, -0.15) is 0 Å². The Morgan fingerprint density at radius 1 is 0.893 bits per heavy atom. The molecule has 0 bridgehead atoms. The van der Waals surface area contributed by atoms with Crippen molar-refractivity contribution < 1.29 is 14.3 Å². The van der Waals surface area contributed by atoms with E-state index in [9.17, 15) is 9.59 Å². The third kappa shape index (κ3) is 5.81. The Morgan fingerprint density at radius 3 is 2.36 bits per heavy atom. The summed E-state index contributed by atoms with van der Waals surface area (Å²) < 4.78 is 5.73. The van der Waals surface area contributed by atoms with E-state index in [1.807, 2.05) is 18.2 Å². The number of rotatable bonds is 6. The number of anilines is 2. The first kappa shape index (κ1) is 18.8. The first-order valence-electron chi connectivity index (χ1n) is 8.63. The molecule has 2 aromatic carbocycles. The molecule has 2 amide bonds. The second kappa shape index (κ2) is 9.14. The van der Waals surface area contributed by atoms with Gasteiger partial charge in [-0.25, -0.2) is 0 Å². The zero-order valence-corrected chi connectivity index (χ0v) is 15.3. The molecule has 0 aliphatic rings. The van der Waals surface area contributed by atoms with E-state index in [1.165, 1.54) is 13.0 Å². The number of amides is 2. The van der Waals surface area contributed by atoms with Gasteiger partial charge in [0.05, 0.1) is 0 Å². The molecule has 0 spiro atoms. The van der Waals surface area contributed by atoms with Gasteiger partial charge in [-0.1, -0.05) is 18.2 Å². The number of carbonyl (C=O) groups is 2. The number of hydrogen-bond donors (Lipinski definition) is 2. The van der Waals surface area contributed by atoms with Crippen LogP contribution >= 0.6 is 0 Å². The molecule has 140 valence electrons. The van der Waals surface area contributed by atoms with E-state index in [0.29, 0.717) is 22.9 Å². The smallest absolute Gasteiger partial charge is 0.248 e. The highest BCUT2D eigenvalue weighted by molar-refractivity contribution is 6.02. The lowest BCUT2D eigenvalue weighted by molar-refractivity contribution is -0.114. The summed E-state index contributed by atoms with van der Waals surface area (Å²) in [4.78, 5) is 27.1.